The van der Waals surface area contributed by atoms with E-state index >= 15 is 0 Å². The van der Waals surface area contributed by atoms with Gasteiger partial charge in [0.25, 0.3) is 5.91 Å². The van der Waals surface area contributed by atoms with Crippen LogP contribution in [0.4, 0.5) is 0 Å². The SMILES string of the molecule is CCNS(=O)(=O)c1ccc(C(=O)NCc2ccccc2CN(C)C)cc1. The molecule has 2 aromatic carbocycles. The molecule has 2 aromatic rings. The summed E-state index contributed by atoms with van der Waals surface area (Å²) in [7, 11) is 0.485. The first-order chi connectivity index (χ1) is 12.3. The largest absolute Gasteiger partial charge is 0.348 e. The first kappa shape index (κ1) is 20.1. The number of hydrogen-bond acceptors (Lipinski definition) is 4. The second-order valence-electron chi connectivity index (χ2n) is 6.21. The van der Waals surface area contributed by atoms with Crippen LogP contribution in [0.2, 0.25) is 0 Å². The topological polar surface area (TPSA) is 78.5 Å². The van der Waals surface area contributed by atoms with E-state index in [1.165, 1.54) is 24.3 Å². The number of nitrogens with one attached hydrogen (secondary N) is 2. The highest BCUT2D eigenvalue weighted by Crippen LogP contribution is 2.12. The average Bonchev–Trinajstić information content (AvgIpc) is 2.60. The summed E-state index contributed by atoms with van der Waals surface area (Å²) in [6.07, 6.45) is 0. The molecule has 7 heteroatoms. The summed E-state index contributed by atoms with van der Waals surface area (Å²) in [5, 5.41) is 2.89. The molecule has 0 heterocycles. The molecule has 0 saturated heterocycles. The van der Waals surface area contributed by atoms with Crippen molar-refractivity contribution in [3.8, 4) is 0 Å². The standard InChI is InChI=1S/C19H25N3O3S/c1-4-21-26(24,25)18-11-9-15(10-12-18)19(23)20-13-16-7-5-6-8-17(16)14-22(2)3/h5-12,21H,4,13-14H2,1-3H3,(H,20,23). The summed E-state index contributed by atoms with van der Waals surface area (Å²) in [6.45, 7) is 3.24. The lowest BCUT2D eigenvalue weighted by Crippen LogP contribution is -2.25. The Morgan fingerprint density at radius 1 is 1.00 bits per heavy atom. The molecule has 2 N–H and O–H groups in total. The van der Waals surface area contributed by atoms with Gasteiger partial charge in [0.1, 0.15) is 0 Å². The number of amides is 1. The molecule has 2 rings (SSSR count). The zero-order valence-corrected chi connectivity index (χ0v) is 16.1. The third kappa shape index (κ3) is 5.39. The maximum atomic E-state index is 12.4. The minimum absolute atomic E-state index is 0.146. The van der Waals surface area contributed by atoms with Gasteiger partial charge in [-0.05, 0) is 49.5 Å². The van der Waals surface area contributed by atoms with Gasteiger partial charge < -0.3 is 10.2 Å². The number of hydrogen-bond donors (Lipinski definition) is 2. The highest BCUT2D eigenvalue weighted by molar-refractivity contribution is 7.89. The first-order valence-electron chi connectivity index (χ1n) is 8.43. The first-order valence-corrected chi connectivity index (χ1v) is 9.91. The molecule has 6 nitrogen and oxygen atoms in total. The number of carbonyl (C=O) groups excluding carboxylic acids is 1. The third-order valence-corrected chi connectivity index (χ3v) is 5.37. The second kappa shape index (κ2) is 8.93. The van der Waals surface area contributed by atoms with E-state index in [-0.39, 0.29) is 10.8 Å². The number of nitrogens with zero attached hydrogens (tertiary/aromatic N) is 1. The van der Waals surface area contributed by atoms with Crippen molar-refractivity contribution in [2.45, 2.75) is 24.9 Å². The van der Waals surface area contributed by atoms with Crippen LogP contribution in [0, 0.1) is 0 Å². The summed E-state index contributed by atoms with van der Waals surface area (Å²) in [4.78, 5) is 14.6. The Balaban J connectivity index is 2.05. The Morgan fingerprint density at radius 3 is 2.19 bits per heavy atom. The van der Waals surface area contributed by atoms with Crippen LogP contribution in [0.1, 0.15) is 28.4 Å². The molecule has 0 aliphatic heterocycles. The molecule has 1 amide bonds. The summed E-state index contributed by atoms with van der Waals surface area (Å²) < 4.78 is 26.3. The number of carbonyl (C=O) groups is 1. The van der Waals surface area contributed by atoms with Crippen molar-refractivity contribution in [2.24, 2.45) is 0 Å². The van der Waals surface area contributed by atoms with Gasteiger partial charge in [-0.25, -0.2) is 13.1 Å². The molecule has 0 aliphatic rings. The summed E-state index contributed by atoms with van der Waals surface area (Å²) in [5.41, 5.74) is 2.64. The van der Waals surface area contributed by atoms with Crippen molar-refractivity contribution >= 4 is 15.9 Å². The number of benzene rings is 2. The zero-order valence-electron chi connectivity index (χ0n) is 15.3. The molecule has 0 radical (unpaired) electrons. The molecule has 0 aliphatic carbocycles. The molecule has 0 atom stereocenters. The van der Waals surface area contributed by atoms with Crippen LogP contribution >= 0.6 is 0 Å². The predicted molar refractivity (Wildman–Crippen MR) is 102 cm³/mol. The zero-order chi connectivity index (χ0) is 19.2. The lowest BCUT2D eigenvalue weighted by atomic mass is 10.1. The monoisotopic (exact) mass is 375 g/mol. The molecule has 26 heavy (non-hydrogen) atoms. The maximum absolute atomic E-state index is 12.4. The minimum atomic E-state index is -3.51. The van der Waals surface area contributed by atoms with Crippen LogP contribution < -0.4 is 10.0 Å². The van der Waals surface area contributed by atoms with E-state index in [0.29, 0.717) is 18.7 Å². The fraction of sp³-hybridized carbons (Fsp3) is 0.316. The molecular formula is C19H25N3O3S. The molecular weight excluding hydrogens is 350 g/mol. The third-order valence-electron chi connectivity index (χ3n) is 3.81. The lowest BCUT2D eigenvalue weighted by molar-refractivity contribution is 0.0950. The van der Waals surface area contributed by atoms with Crippen LogP contribution in [-0.4, -0.2) is 39.9 Å². The Kier molecular flexibility index (Phi) is 6.90. The predicted octanol–water partition coefficient (Wildman–Crippen LogP) is 1.98. The maximum Gasteiger partial charge on any atom is 0.251 e. The van der Waals surface area contributed by atoms with Crippen molar-refractivity contribution in [3.63, 3.8) is 0 Å². The van der Waals surface area contributed by atoms with Crippen molar-refractivity contribution in [1.29, 1.82) is 0 Å². The highest BCUT2D eigenvalue weighted by atomic mass is 32.2. The van der Waals surface area contributed by atoms with E-state index in [9.17, 15) is 13.2 Å². The van der Waals surface area contributed by atoms with Gasteiger partial charge in [0.05, 0.1) is 4.90 Å². The highest BCUT2D eigenvalue weighted by Gasteiger charge is 2.14. The summed E-state index contributed by atoms with van der Waals surface area (Å²) in [5.74, 6) is -0.239. The van der Waals surface area contributed by atoms with Gasteiger partial charge in [-0.15, -0.1) is 0 Å². The smallest absolute Gasteiger partial charge is 0.251 e. The van der Waals surface area contributed by atoms with Gasteiger partial charge in [0.2, 0.25) is 10.0 Å². The van der Waals surface area contributed by atoms with Crippen LogP contribution in [0.3, 0.4) is 0 Å². The van der Waals surface area contributed by atoms with Crippen LogP contribution in [-0.2, 0) is 23.1 Å². The van der Waals surface area contributed by atoms with E-state index in [1.807, 2.05) is 38.4 Å². The Bertz CT molecular complexity index is 847. The quantitative estimate of drug-likeness (QED) is 0.739. The molecule has 0 aromatic heterocycles. The van der Waals surface area contributed by atoms with Gasteiger partial charge in [-0.2, -0.15) is 0 Å². The van der Waals surface area contributed by atoms with Gasteiger partial charge in [0.15, 0.2) is 0 Å². The molecule has 0 unspecified atom stereocenters. The van der Waals surface area contributed by atoms with Crippen molar-refractivity contribution in [2.75, 3.05) is 20.6 Å². The van der Waals surface area contributed by atoms with Gasteiger partial charge in [-0.3, -0.25) is 4.79 Å². The van der Waals surface area contributed by atoms with Crippen LogP contribution in [0.5, 0.6) is 0 Å². The minimum Gasteiger partial charge on any atom is -0.348 e. The van der Waals surface area contributed by atoms with E-state index in [1.54, 1.807) is 6.92 Å². The number of sulfonamides is 1. The molecule has 140 valence electrons. The fourth-order valence-corrected chi connectivity index (χ4v) is 3.60. The van der Waals surface area contributed by atoms with Crippen LogP contribution in [0.15, 0.2) is 53.4 Å². The normalized spacial score (nSPS) is 11.5. The van der Waals surface area contributed by atoms with E-state index in [4.69, 9.17) is 0 Å². The Hall–Kier alpha value is -2.22. The van der Waals surface area contributed by atoms with Crippen molar-refractivity contribution in [1.82, 2.24) is 14.9 Å². The van der Waals surface area contributed by atoms with Crippen molar-refractivity contribution < 1.29 is 13.2 Å². The van der Waals surface area contributed by atoms with E-state index in [2.05, 4.69) is 14.9 Å². The Labute approximate surface area is 155 Å². The van der Waals surface area contributed by atoms with E-state index < -0.39 is 10.0 Å². The summed E-state index contributed by atoms with van der Waals surface area (Å²) >= 11 is 0. The molecule has 0 spiro atoms. The Morgan fingerprint density at radius 2 is 1.62 bits per heavy atom. The number of rotatable bonds is 8. The van der Waals surface area contributed by atoms with E-state index in [0.717, 1.165) is 17.7 Å². The van der Waals surface area contributed by atoms with Crippen LogP contribution in [0.25, 0.3) is 0 Å². The average molecular weight is 375 g/mol. The molecule has 0 fully saturated rings. The van der Waals surface area contributed by atoms with Gasteiger partial charge in [0, 0.05) is 25.2 Å². The van der Waals surface area contributed by atoms with Gasteiger partial charge in [-0.1, -0.05) is 31.2 Å². The lowest BCUT2D eigenvalue weighted by Gasteiger charge is -2.14. The second-order valence-corrected chi connectivity index (χ2v) is 7.98. The molecule has 0 saturated carbocycles. The summed E-state index contributed by atoms with van der Waals surface area (Å²) in [6, 6.07) is 13.9. The van der Waals surface area contributed by atoms with Crippen molar-refractivity contribution in [3.05, 3.63) is 65.2 Å². The van der Waals surface area contributed by atoms with Gasteiger partial charge >= 0.3 is 0 Å². The fourth-order valence-electron chi connectivity index (χ4n) is 2.56. The molecule has 0 bridgehead atoms.